The lowest BCUT2D eigenvalue weighted by atomic mass is 9.76. The summed E-state index contributed by atoms with van der Waals surface area (Å²) in [6.07, 6.45) is 7.69. The second kappa shape index (κ2) is 5.32. The van der Waals surface area contributed by atoms with E-state index in [4.69, 9.17) is 5.73 Å². The quantitative estimate of drug-likeness (QED) is 0.658. The smallest absolute Gasteiger partial charge is 0.0102 e. The van der Waals surface area contributed by atoms with Gasteiger partial charge >= 0.3 is 0 Å². The van der Waals surface area contributed by atoms with Gasteiger partial charge in [-0.15, -0.1) is 0 Å². The van der Waals surface area contributed by atoms with Gasteiger partial charge in [-0.1, -0.05) is 45.2 Å². The van der Waals surface area contributed by atoms with Gasteiger partial charge < -0.3 is 5.73 Å². The molecular weight excluding hydrogens is 182 g/mol. The van der Waals surface area contributed by atoms with Crippen LogP contribution in [0.25, 0.3) is 0 Å². The number of rotatable bonds is 6. The number of hydrogen-bond donors (Lipinski definition) is 1. The van der Waals surface area contributed by atoms with E-state index in [0.717, 1.165) is 12.8 Å². The first-order chi connectivity index (χ1) is 6.70. The van der Waals surface area contributed by atoms with Gasteiger partial charge in [0, 0.05) is 5.54 Å². The van der Waals surface area contributed by atoms with Crippen LogP contribution in [0.3, 0.4) is 0 Å². The van der Waals surface area contributed by atoms with Crippen molar-refractivity contribution in [3.05, 3.63) is 37.0 Å². The average molecular weight is 207 g/mol. The Bertz CT molecular complexity index is 251. The molecule has 0 atom stereocenters. The fraction of sp³-hybridized carbons (Fsp3) is 0.571. The summed E-state index contributed by atoms with van der Waals surface area (Å²) < 4.78 is 0. The molecule has 0 saturated carbocycles. The monoisotopic (exact) mass is 207 g/mol. The van der Waals surface area contributed by atoms with Crippen molar-refractivity contribution < 1.29 is 0 Å². The molecule has 0 aromatic carbocycles. The SMILES string of the molecule is C=C/C=C(\C=C)CC(C)(C)CC(C)(C)N. The second-order valence-electron chi connectivity index (χ2n) is 5.69. The molecule has 15 heavy (non-hydrogen) atoms. The van der Waals surface area contributed by atoms with Gasteiger partial charge in [0.25, 0.3) is 0 Å². The molecule has 1 nitrogen and oxygen atoms in total. The van der Waals surface area contributed by atoms with E-state index in [1.807, 2.05) is 12.2 Å². The van der Waals surface area contributed by atoms with Gasteiger partial charge in [0.2, 0.25) is 0 Å². The Labute approximate surface area is 94.8 Å². The first-order valence-electron chi connectivity index (χ1n) is 5.43. The number of nitrogens with two attached hydrogens (primary N) is 1. The zero-order valence-electron chi connectivity index (χ0n) is 10.6. The van der Waals surface area contributed by atoms with Crippen LogP contribution >= 0.6 is 0 Å². The number of allylic oxidation sites excluding steroid dienone is 4. The van der Waals surface area contributed by atoms with Gasteiger partial charge in [0.15, 0.2) is 0 Å². The van der Waals surface area contributed by atoms with Crippen LogP contribution in [-0.4, -0.2) is 5.54 Å². The predicted molar refractivity (Wildman–Crippen MR) is 69.8 cm³/mol. The van der Waals surface area contributed by atoms with E-state index in [9.17, 15) is 0 Å². The van der Waals surface area contributed by atoms with Crippen LogP contribution in [0.15, 0.2) is 37.0 Å². The van der Waals surface area contributed by atoms with Gasteiger partial charge in [-0.3, -0.25) is 0 Å². The van der Waals surface area contributed by atoms with Crippen LogP contribution in [0.1, 0.15) is 40.5 Å². The summed E-state index contributed by atoms with van der Waals surface area (Å²) in [6.45, 7) is 16.1. The predicted octanol–water partition coefficient (Wildman–Crippen LogP) is 3.83. The third-order valence-corrected chi connectivity index (χ3v) is 2.21. The van der Waals surface area contributed by atoms with Crippen molar-refractivity contribution in [2.75, 3.05) is 0 Å². The molecular formula is C14H25N. The van der Waals surface area contributed by atoms with Gasteiger partial charge in [0.05, 0.1) is 0 Å². The topological polar surface area (TPSA) is 26.0 Å². The Balaban J connectivity index is 4.55. The first kappa shape index (κ1) is 14.2. The van der Waals surface area contributed by atoms with E-state index in [0.29, 0.717) is 0 Å². The van der Waals surface area contributed by atoms with Crippen molar-refractivity contribution in [2.45, 2.75) is 46.1 Å². The van der Waals surface area contributed by atoms with Crippen LogP contribution < -0.4 is 5.73 Å². The molecule has 1 heteroatoms. The van der Waals surface area contributed by atoms with Crippen molar-refractivity contribution in [1.82, 2.24) is 0 Å². The van der Waals surface area contributed by atoms with Crippen molar-refractivity contribution in [3.8, 4) is 0 Å². The van der Waals surface area contributed by atoms with Crippen LogP contribution in [0.5, 0.6) is 0 Å². The zero-order valence-corrected chi connectivity index (χ0v) is 10.6. The molecule has 0 aromatic heterocycles. The minimum atomic E-state index is -0.121. The lowest BCUT2D eigenvalue weighted by molar-refractivity contribution is 0.259. The molecule has 0 aliphatic carbocycles. The fourth-order valence-electron chi connectivity index (χ4n) is 2.20. The van der Waals surface area contributed by atoms with Crippen LogP contribution in [0.4, 0.5) is 0 Å². The van der Waals surface area contributed by atoms with Crippen molar-refractivity contribution in [2.24, 2.45) is 11.1 Å². The van der Waals surface area contributed by atoms with E-state index in [2.05, 4.69) is 40.9 Å². The lowest BCUT2D eigenvalue weighted by Gasteiger charge is -2.32. The summed E-state index contributed by atoms with van der Waals surface area (Å²) in [5.41, 5.74) is 7.34. The highest BCUT2D eigenvalue weighted by Gasteiger charge is 2.26. The van der Waals surface area contributed by atoms with E-state index in [1.165, 1.54) is 5.57 Å². The highest BCUT2D eigenvalue weighted by Crippen LogP contribution is 2.33. The van der Waals surface area contributed by atoms with E-state index >= 15 is 0 Å². The third-order valence-electron chi connectivity index (χ3n) is 2.21. The Hall–Kier alpha value is -0.820. The van der Waals surface area contributed by atoms with Crippen molar-refractivity contribution in [1.29, 1.82) is 0 Å². The molecule has 0 rings (SSSR count). The van der Waals surface area contributed by atoms with Gasteiger partial charge in [-0.25, -0.2) is 0 Å². The molecule has 0 spiro atoms. The molecule has 0 fully saturated rings. The largest absolute Gasteiger partial charge is 0.326 e. The van der Waals surface area contributed by atoms with Gasteiger partial charge in [-0.05, 0) is 37.7 Å². The molecule has 0 saturated heterocycles. The molecule has 0 unspecified atom stereocenters. The molecule has 0 aromatic rings. The zero-order chi connectivity index (χ0) is 12.1. The molecule has 0 amide bonds. The van der Waals surface area contributed by atoms with E-state index in [1.54, 1.807) is 6.08 Å². The van der Waals surface area contributed by atoms with Crippen molar-refractivity contribution in [3.63, 3.8) is 0 Å². The van der Waals surface area contributed by atoms with Crippen molar-refractivity contribution >= 4 is 0 Å². The Kier molecular flexibility index (Phi) is 5.02. The lowest BCUT2D eigenvalue weighted by Crippen LogP contribution is -2.37. The molecule has 0 radical (unpaired) electrons. The van der Waals surface area contributed by atoms with Gasteiger partial charge in [-0.2, -0.15) is 0 Å². The fourth-order valence-corrected chi connectivity index (χ4v) is 2.20. The minimum absolute atomic E-state index is 0.121. The molecule has 2 N–H and O–H groups in total. The highest BCUT2D eigenvalue weighted by molar-refractivity contribution is 5.22. The first-order valence-corrected chi connectivity index (χ1v) is 5.43. The van der Waals surface area contributed by atoms with E-state index in [-0.39, 0.29) is 11.0 Å². The minimum Gasteiger partial charge on any atom is -0.326 e. The van der Waals surface area contributed by atoms with E-state index < -0.39 is 0 Å². The van der Waals surface area contributed by atoms with Crippen LogP contribution in [0.2, 0.25) is 0 Å². The number of hydrogen-bond acceptors (Lipinski definition) is 1. The molecule has 0 heterocycles. The van der Waals surface area contributed by atoms with Crippen LogP contribution in [0, 0.1) is 5.41 Å². The summed E-state index contributed by atoms with van der Waals surface area (Å²) in [5, 5.41) is 0. The standard InChI is InChI=1S/C14H25N/c1-7-9-12(8-2)10-13(3,4)11-14(5,6)15/h7-9H,1-2,10-11,15H2,3-6H3/b12-9+. The average Bonchev–Trinajstić information content (AvgIpc) is 1.98. The summed E-state index contributed by atoms with van der Waals surface area (Å²) in [5.74, 6) is 0. The molecule has 0 aliphatic heterocycles. The maximum atomic E-state index is 6.05. The van der Waals surface area contributed by atoms with Gasteiger partial charge in [0.1, 0.15) is 0 Å². The summed E-state index contributed by atoms with van der Waals surface area (Å²) in [6, 6.07) is 0. The normalized spacial score (nSPS) is 13.8. The molecule has 0 aliphatic rings. The third kappa shape index (κ3) is 7.15. The highest BCUT2D eigenvalue weighted by atomic mass is 14.7. The molecule has 0 bridgehead atoms. The second-order valence-corrected chi connectivity index (χ2v) is 5.69. The summed E-state index contributed by atoms with van der Waals surface area (Å²) in [4.78, 5) is 0. The molecule has 86 valence electrons. The maximum absolute atomic E-state index is 6.05. The summed E-state index contributed by atoms with van der Waals surface area (Å²) >= 11 is 0. The Morgan fingerprint density at radius 1 is 1.20 bits per heavy atom. The van der Waals surface area contributed by atoms with Crippen LogP contribution in [-0.2, 0) is 0 Å². The summed E-state index contributed by atoms with van der Waals surface area (Å²) in [7, 11) is 0. The Morgan fingerprint density at radius 3 is 2.07 bits per heavy atom. The Morgan fingerprint density at radius 2 is 1.73 bits per heavy atom. The maximum Gasteiger partial charge on any atom is 0.0102 e.